The Hall–Kier alpha value is -1.63. The number of ether oxygens (including phenoxy) is 2. The molecule has 0 aliphatic carbocycles. The van der Waals surface area contributed by atoms with Gasteiger partial charge in [0.2, 0.25) is 3.79 Å². The number of nitrogens with one attached hydrogen (secondary N) is 2. The van der Waals surface area contributed by atoms with Gasteiger partial charge in [0.1, 0.15) is 0 Å². The lowest BCUT2D eigenvalue weighted by atomic mass is 10.1. The Balaban J connectivity index is 2.28. The second-order valence-electron chi connectivity index (χ2n) is 5.79. The first-order valence-corrected chi connectivity index (χ1v) is 8.40. The lowest BCUT2D eigenvalue weighted by Gasteiger charge is -2.32. The highest BCUT2D eigenvalue weighted by Gasteiger charge is 2.44. The molecule has 0 saturated heterocycles. The van der Waals surface area contributed by atoms with Gasteiger partial charge in [-0.2, -0.15) is 0 Å². The number of alkyl halides is 3. The maximum Gasteiger partial charge on any atom is 0.408 e. The van der Waals surface area contributed by atoms with Gasteiger partial charge < -0.3 is 19.8 Å². The Labute approximate surface area is 159 Å². The third-order valence-electron chi connectivity index (χ3n) is 3.66. The Bertz CT molecular complexity index is 783. The molecule has 2 aromatic rings. The monoisotopic (exact) mass is 406 g/mol. The minimum Gasteiger partial charge on any atom is -0.467 e. The molecule has 0 bridgehead atoms. The van der Waals surface area contributed by atoms with Crippen LogP contribution >= 0.6 is 34.8 Å². The van der Waals surface area contributed by atoms with Crippen LogP contribution in [0, 0.1) is 0 Å². The van der Waals surface area contributed by atoms with Gasteiger partial charge in [-0.25, -0.2) is 9.59 Å². The summed E-state index contributed by atoms with van der Waals surface area (Å²) >= 11 is 17.4. The number of aromatic amines is 1. The van der Waals surface area contributed by atoms with Crippen molar-refractivity contribution in [1.29, 1.82) is 0 Å². The highest BCUT2D eigenvalue weighted by molar-refractivity contribution is 6.68. The molecule has 136 valence electrons. The Kier molecular flexibility index (Phi) is 5.76. The van der Waals surface area contributed by atoms with Crippen molar-refractivity contribution < 1.29 is 19.1 Å². The molecule has 0 saturated carbocycles. The standard InChI is InChI=1S/C16H17Cl3N2O4/c1-15(2,16(17,18)19)25-14(23)21-12(13(22)24-3)10-8-20-11-7-5-4-6-9(10)11/h4-8,12,20H,1-3H3,(H,21,23). The van der Waals surface area contributed by atoms with E-state index < -0.39 is 27.5 Å². The molecule has 0 fully saturated rings. The molecule has 0 aliphatic rings. The topological polar surface area (TPSA) is 80.4 Å². The van der Waals surface area contributed by atoms with Crippen molar-refractivity contribution in [1.82, 2.24) is 10.3 Å². The maximum absolute atomic E-state index is 12.2. The fraction of sp³-hybridized carbons (Fsp3) is 0.375. The average molecular weight is 408 g/mol. The van der Waals surface area contributed by atoms with Crippen LogP contribution in [0.1, 0.15) is 25.5 Å². The van der Waals surface area contributed by atoms with Gasteiger partial charge in [0.15, 0.2) is 11.6 Å². The molecule has 2 N–H and O–H groups in total. The van der Waals surface area contributed by atoms with Gasteiger partial charge >= 0.3 is 12.1 Å². The van der Waals surface area contributed by atoms with Crippen LogP contribution in [0.15, 0.2) is 30.5 Å². The number of amides is 1. The minimum absolute atomic E-state index is 0.533. The zero-order valence-electron chi connectivity index (χ0n) is 13.7. The van der Waals surface area contributed by atoms with Crippen LogP contribution in [0.3, 0.4) is 0 Å². The van der Waals surface area contributed by atoms with E-state index in [2.05, 4.69) is 10.3 Å². The smallest absolute Gasteiger partial charge is 0.408 e. The van der Waals surface area contributed by atoms with Crippen molar-refractivity contribution in [2.24, 2.45) is 0 Å². The first-order chi connectivity index (χ1) is 11.6. The van der Waals surface area contributed by atoms with Crippen LogP contribution in [-0.2, 0) is 14.3 Å². The van der Waals surface area contributed by atoms with Gasteiger partial charge in [-0.1, -0.05) is 53.0 Å². The summed E-state index contributed by atoms with van der Waals surface area (Å²) in [5.74, 6) is -0.659. The molecule has 2 rings (SSSR count). The molecule has 0 spiro atoms. The van der Waals surface area contributed by atoms with Gasteiger partial charge in [0.25, 0.3) is 0 Å². The summed E-state index contributed by atoms with van der Waals surface area (Å²) in [4.78, 5) is 27.4. The molecule has 9 heteroatoms. The molecular weight excluding hydrogens is 391 g/mol. The summed E-state index contributed by atoms with van der Waals surface area (Å²) in [6.45, 7) is 2.89. The maximum atomic E-state index is 12.2. The van der Waals surface area contributed by atoms with Gasteiger partial charge in [-0.15, -0.1) is 0 Å². The summed E-state index contributed by atoms with van der Waals surface area (Å²) in [5.41, 5.74) is -0.0721. The highest BCUT2D eigenvalue weighted by atomic mass is 35.6. The van der Waals surface area contributed by atoms with E-state index in [0.717, 1.165) is 10.9 Å². The molecule has 1 amide bonds. The van der Waals surface area contributed by atoms with Crippen molar-refractivity contribution in [3.63, 3.8) is 0 Å². The zero-order valence-corrected chi connectivity index (χ0v) is 16.0. The van der Waals surface area contributed by atoms with Crippen molar-refractivity contribution >= 4 is 57.8 Å². The number of carbonyl (C=O) groups is 2. The second-order valence-corrected chi connectivity index (χ2v) is 8.07. The van der Waals surface area contributed by atoms with E-state index in [1.54, 1.807) is 6.20 Å². The van der Waals surface area contributed by atoms with Crippen molar-refractivity contribution in [3.05, 3.63) is 36.0 Å². The highest BCUT2D eigenvalue weighted by Crippen LogP contribution is 2.40. The average Bonchev–Trinajstić information content (AvgIpc) is 2.94. The summed E-state index contributed by atoms with van der Waals surface area (Å²) in [6.07, 6.45) is 0.698. The normalized spacial score (nSPS) is 13.4. The lowest BCUT2D eigenvalue weighted by Crippen LogP contribution is -2.45. The van der Waals surface area contributed by atoms with E-state index in [9.17, 15) is 9.59 Å². The van der Waals surface area contributed by atoms with E-state index in [4.69, 9.17) is 44.3 Å². The first kappa shape index (κ1) is 19.7. The van der Waals surface area contributed by atoms with Crippen molar-refractivity contribution in [2.45, 2.75) is 29.3 Å². The van der Waals surface area contributed by atoms with E-state index in [1.165, 1.54) is 21.0 Å². The number of carbonyl (C=O) groups excluding carboxylic acids is 2. The molecule has 0 radical (unpaired) electrons. The molecule has 1 atom stereocenters. The van der Waals surface area contributed by atoms with Gasteiger partial charge in [0.05, 0.1) is 7.11 Å². The molecule has 1 aromatic carbocycles. The number of halogens is 3. The van der Waals surface area contributed by atoms with Crippen LogP contribution < -0.4 is 5.32 Å². The predicted molar refractivity (Wildman–Crippen MR) is 97.0 cm³/mol. The predicted octanol–water partition coefficient (Wildman–Crippen LogP) is 4.26. The summed E-state index contributed by atoms with van der Waals surface area (Å²) < 4.78 is 8.11. The van der Waals surface area contributed by atoms with E-state index >= 15 is 0 Å². The van der Waals surface area contributed by atoms with E-state index in [1.807, 2.05) is 24.3 Å². The molecule has 1 heterocycles. The van der Waals surface area contributed by atoms with Crippen LogP contribution in [0.5, 0.6) is 0 Å². The van der Waals surface area contributed by atoms with Crippen LogP contribution in [0.25, 0.3) is 10.9 Å². The largest absolute Gasteiger partial charge is 0.467 e. The number of para-hydroxylation sites is 1. The number of alkyl carbamates (subject to hydrolysis) is 1. The molecular formula is C16H17Cl3N2O4. The number of fused-ring (bicyclic) bond motifs is 1. The van der Waals surface area contributed by atoms with Crippen LogP contribution in [0.2, 0.25) is 0 Å². The third kappa shape index (κ3) is 4.32. The van der Waals surface area contributed by atoms with E-state index in [0.29, 0.717) is 5.56 Å². The first-order valence-electron chi connectivity index (χ1n) is 7.27. The minimum atomic E-state index is -1.84. The Morgan fingerprint density at radius 3 is 2.44 bits per heavy atom. The van der Waals surface area contributed by atoms with E-state index in [-0.39, 0.29) is 0 Å². The Morgan fingerprint density at radius 2 is 1.84 bits per heavy atom. The summed E-state index contributed by atoms with van der Waals surface area (Å²) in [7, 11) is 1.22. The summed E-state index contributed by atoms with van der Waals surface area (Å²) in [5, 5.41) is 3.22. The fourth-order valence-corrected chi connectivity index (χ4v) is 2.27. The zero-order chi connectivity index (χ0) is 18.8. The molecule has 6 nitrogen and oxygen atoms in total. The van der Waals surface area contributed by atoms with Gasteiger partial charge in [0, 0.05) is 22.7 Å². The number of hydrogen-bond acceptors (Lipinski definition) is 4. The molecule has 1 unspecified atom stereocenters. The van der Waals surface area contributed by atoms with Crippen molar-refractivity contribution in [2.75, 3.05) is 7.11 Å². The quantitative estimate of drug-likeness (QED) is 0.586. The van der Waals surface area contributed by atoms with Crippen LogP contribution in [0.4, 0.5) is 4.79 Å². The third-order valence-corrected chi connectivity index (χ3v) is 5.03. The number of aromatic nitrogens is 1. The SMILES string of the molecule is COC(=O)C(NC(=O)OC(C)(C)C(Cl)(Cl)Cl)c1c[nH]c2ccccc12. The lowest BCUT2D eigenvalue weighted by molar-refractivity contribution is -0.143. The summed E-state index contributed by atoms with van der Waals surface area (Å²) in [6, 6.07) is 6.24. The van der Waals surface area contributed by atoms with Crippen LogP contribution in [-0.4, -0.2) is 33.5 Å². The number of methoxy groups -OCH3 is 1. The van der Waals surface area contributed by atoms with Gasteiger partial charge in [-0.3, -0.25) is 0 Å². The number of benzene rings is 1. The fourth-order valence-electron chi connectivity index (χ4n) is 2.15. The number of hydrogen-bond donors (Lipinski definition) is 2. The Morgan fingerprint density at radius 1 is 1.20 bits per heavy atom. The number of rotatable bonds is 4. The molecule has 25 heavy (non-hydrogen) atoms. The number of H-pyrrole nitrogens is 1. The van der Waals surface area contributed by atoms with Crippen molar-refractivity contribution in [3.8, 4) is 0 Å². The second kappa shape index (κ2) is 7.32. The molecule has 1 aromatic heterocycles. The molecule has 0 aliphatic heterocycles. The van der Waals surface area contributed by atoms with Gasteiger partial charge in [-0.05, 0) is 19.9 Å². The number of esters is 1.